The van der Waals surface area contributed by atoms with E-state index in [2.05, 4.69) is 11.9 Å². The molecule has 0 aromatic carbocycles. The minimum absolute atomic E-state index is 0.175. The third-order valence-electron chi connectivity index (χ3n) is 1.56. The number of nitrogens with one attached hydrogen (secondary N) is 1. The Hall–Kier alpha value is -0.870. The summed E-state index contributed by atoms with van der Waals surface area (Å²) >= 11 is 0. The van der Waals surface area contributed by atoms with Gasteiger partial charge in [-0.25, -0.2) is 0 Å². The van der Waals surface area contributed by atoms with Crippen molar-refractivity contribution in [2.45, 2.75) is 12.1 Å². The molecule has 2 N–H and O–H groups in total. The lowest BCUT2D eigenvalue weighted by atomic mass is 10.2. The van der Waals surface area contributed by atoms with Gasteiger partial charge in [0, 0.05) is 0 Å². The summed E-state index contributed by atoms with van der Waals surface area (Å²) in [4.78, 5) is 10.4. The first-order valence-corrected chi connectivity index (χ1v) is 3.43. The number of hydrogen-bond donors (Lipinski definition) is 2. The van der Waals surface area contributed by atoms with Crippen LogP contribution in [0.25, 0.3) is 0 Å². The van der Waals surface area contributed by atoms with E-state index in [1.54, 1.807) is 0 Å². The van der Waals surface area contributed by atoms with Crippen LogP contribution in [0, 0.1) is 0 Å². The third-order valence-corrected chi connectivity index (χ3v) is 1.56. The molecule has 1 atom stereocenters. The van der Waals surface area contributed by atoms with Crippen LogP contribution in [-0.4, -0.2) is 36.4 Å². The van der Waals surface area contributed by atoms with Crippen LogP contribution in [0.1, 0.15) is 0 Å². The van der Waals surface area contributed by atoms with Gasteiger partial charge >= 0.3 is 5.97 Å². The van der Waals surface area contributed by atoms with Crippen LogP contribution >= 0.6 is 0 Å². The van der Waals surface area contributed by atoms with Crippen LogP contribution in [0.5, 0.6) is 0 Å². The van der Waals surface area contributed by atoms with Gasteiger partial charge in [-0.05, 0) is 0 Å². The van der Waals surface area contributed by atoms with E-state index in [-0.39, 0.29) is 6.04 Å². The van der Waals surface area contributed by atoms with E-state index in [4.69, 9.17) is 9.84 Å². The van der Waals surface area contributed by atoms with E-state index in [1.165, 1.54) is 6.08 Å². The average molecular weight is 157 g/mol. The van der Waals surface area contributed by atoms with Crippen LogP contribution in [0.15, 0.2) is 12.7 Å². The lowest BCUT2D eigenvalue weighted by Crippen LogP contribution is -2.52. The minimum atomic E-state index is -0.896. The van der Waals surface area contributed by atoms with E-state index in [9.17, 15) is 4.79 Å². The van der Waals surface area contributed by atoms with Gasteiger partial charge in [-0.1, -0.05) is 6.08 Å². The van der Waals surface area contributed by atoms with Crippen molar-refractivity contribution in [3.63, 3.8) is 0 Å². The Morgan fingerprint density at radius 3 is 2.73 bits per heavy atom. The Bertz CT molecular complexity index is 165. The molecule has 1 rings (SSSR count). The largest absolute Gasteiger partial charge is 0.480 e. The van der Waals surface area contributed by atoms with E-state index in [1.807, 2.05) is 0 Å². The van der Waals surface area contributed by atoms with Crippen molar-refractivity contribution >= 4 is 5.97 Å². The number of ether oxygens (including phenoxy) is 1. The summed E-state index contributed by atoms with van der Waals surface area (Å²) in [5.74, 6) is -0.896. The molecule has 0 spiro atoms. The molecule has 0 radical (unpaired) electrons. The van der Waals surface area contributed by atoms with Gasteiger partial charge < -0.3 is 9.84 Å². The maximum Gasteiger partial charge on any atom is 0.324 e. The first kappa shape index (κ1) is 8.23. The predicted molar refractivity (Wildman–Crippen MR) is 39.4 cm³/mol. The van der Waals surface area contributed by atoms with E-state index in [0.717, 1.165) is 0 Å². The molecule has 1 saturated heterocycles. The summed E-state index contributed by atoms with van der Waals surface area (Å²) in [6, 6.07) is -0.474. The Balaban J connectivity index is 2.30. The van der Waals surface area contributed by atoms with Crippen LogP contribution in [0.4, 0.5) is 0 Å². The van der Waals surface area contributed by atoms with Gasteiger partial charge in [0.2, 0.25) is 0 Å². The number of rotatable bonds is 4. The Morgan fingerprint density at radius 1 is 1.82 bits per heavy atom. The van der Waals surface area contributed by atoms with E-state index >= 15 is 0 Å². The van der Waals surface area contributed by atoms with Gasteiger partial charge in [-0.2, -0.15) is 0 Å². The highest BCUT2D eigenvalue weighted by atomic mass is 16.5. The van der Waals surface area contributed by atoms with Crippen LogP contribution in [0.2, 0.25) is 0 Å². The fourth-order valence-corrected chi connectivity index (χ4v) is 0.826. The van der Waals surface area contributed by atoms with Crippen molar-refractivity contribution in [3.8, 4) is 0 Å². The van der Waals surface area contributed by atoms with E-state index < -0.39 is 12.0 Å². The summed E-state index contributed by atoms with van der Waals surface area (Å²) in [5, 5.41) is 11.4. The first-order valence-electron chi connectivity index (χ1n) is 3.43. The van der Waals surface area contributed by atoms with Gasteiger partial charge in [0.1, 0.15) is 6.04 Å². The summed E-state index contributed by atoms with van der Waals surface area (Å²) in [6.07, 6.45) is 1.38. The lowest BCUT2D eigenvalue weighted by Gasteiger charge is -2.28. The maximum absolute atomic E-state index is 10.4. The normalized spacial score (nSPS) is 20.4. The van der Waals surface area contributed by atoms with Gasteiger partial charge in [-0.3, -0.25) is 10.1 Å². The summed E-state index contributed by atoms with van der Waals surface area (Å²) in [7, 11) is 0. The fraction of sp³-hybridized carbons (Fsp3) is 0.571. The molecule has 0 bridgehead atoms. The van der Waals surface area contributed by atoms with Gasteiger partial charge in [0.05, 0.1) is 19.3 Å². The molecule has 1 unspecified atom stereocenters. The molecule has 0 amide bonds. The molecule has 0 aromatic rings. The zero-order valence-corrected chi connectivity index (χ0v) is 6.12. The standard InChI is InChI=1S/C7H11NO3/c1-2-6(7(9)10)8-5-3-11-4-5/h2,5-6,8H,1,3-4H2,(H,9,10). The maximum atomic E-state index is 10.4. The molecule has 1 fully saturated rings. The topological polar surface area (TPSA) is 58.6 Å². The molecule has 4 heteroatoms. The Kier molecular flexibility index (Phi) is 2.62. The first-order chi connectivity index (χ1) is 5.24. The van der Waals surface area contributed by atoms with E-state index in [0.29, 0.717) is 13.2 Å². The average Bonchev–Trinajstić information content (AvgIpc) is 1.85. The number of carboxylic acids is 1. The molecule has 1 heterocycles. The monoisotopic (exact) mass is 157 g/mol. The number of aliphatic carboxylic acids is 1. The Labute approximate surface area is 64.9 Å². The molecule has 11 heavy (non-hydrogen) atoms. The van der Waals surface area contributed by atoms with Crippen LogP contribution in [-0.2, 0) is 9.53 Å². The highest BCUT2D eigenvalue weighted by Crippen LogP contribution is 2.01. The molecule has 1 aliphatic rings. The van der Waals surface area contributed by atoms with Gasteiger partial charge in [-0.15, -0.1) is 6.58 Å². The van der Waals surface area contributed by atoms with Crippen LogP contribution in [0.3, 0.4) is 0 Å². The fourth-order valence-electron chi connectivity index (χ4n) is 0.826. The number of carboxylic acid groups (broad SMARTS) is 1. The second-order valence-electron chi connectivity index (χ2n) is 2.45. The second-order valence-corrected chi connectivity index (χ2v) is 2.45. The number of carbonyl (C=O) groups is 1. The summed E-state index contributed by atoms with van der Waals surface area (Å²) in [5.41, 5.74) is 0. The van der Waals surface area contributed by atoms with Crippen molar-refractivity contribution in [2.24, 2.45) is 0 Å². The van der Waals surface area contributed by atoms with Gasteiger partial charge in [0.25, 0.3) is 0 Å². The third kappa shape index (κ3) is 2.03. The highest BCUT2D eigenvalue weighted by molar-refractivity contribution is 5.75. The quantitative estimate of drug-likeness (QED) is 0.546. The molecule has 1 aliphatic heterocycles. The highest BCUT2D eigenvalue weighted by Gasteiger charge is 2.23. The van der Waals surface area contributed by atoms with Crippen molar-refractivity contribution in [1.82, 2.24) is 5.32 Å². The molecule has 0 saturated carbocycles. The SMILES string of the molecule is C=CC(NC1COC1)C(=O)O. The smallest absolute Gasteiger partial charge is 0.324 e. The van der Waals surface area contributed by atoms with Crippen molar-refractivity contribution in [1.29, 1.82) is 0 Å². The molecule has 0 aromatic heterocycles. The van der Waals surface area contributed by atoms with Crippen molar-refractivity contribution in [2.75, 3.05) is 13.2 Å². The zero-order valence-electron chi connectivity index (χ0n) is 6.12. The molecular formula is C7H11NO3. The molecule has 4 nitrogen and oxygen atoms in total. The Morgan fingerprint density at radius 2 is 2.45 bits per heavy atom. The lowest BCUT2D eigenvalue weighted by molar-refractivity contribution is -0.139. The summed E-state index contributed by atoms with van der Waals surface area (Å²) < 4.78 is 4.87. The zero-order chi connectivity index (χ0) is 8.27. The molecule has 0 aliphatic carbocycles. The van der Waals surface area contributed by atoms with Crippen molar-refractivity contribution < 1.29 is 14.6 Å². The molecular weight excluding hydrogens is 146 g/mol. The minimum Gasteiger partial charge on any atom is -0.480 e. The van der Waals surface area contributed by atoms with Gasteiger partial charge in [0.15, 0.2) is 0 Å². The molecule has 62 valence electrons. The van der Waals surface area contributed by atoms with Crippen molar-refractivity contribution in [3.05, 3.63) is 12.7 Å². The van der Waals surface area contributed by atoms with Crippen LogP contribution < -0.4 is 5.32 Å². The predicted octanol–water partition coefficient (Wildman–Crippen LogP) is -0.386. The summed E-state index contributed by atoms with van der Waals surface area (Å²) in [6.45, 7) is 4.60. The number of hydrogen-bond acceptors (Lipinski definition) is 3. The second kappa shape index (κ2) is 3.50.